The topological polar surface area (TPSA) is 57.5 Å². The second kappa shape index (κ2) is 5.64. The number of aliphatic hydroxyl groups excluding tert-OH is 2. The van der Waals surface area contributed by atoms with Crippen LogP contribution in [0, 0.1) is 0 Å². The number of rotatable bonds is 3. The van der Waals surface area contributed by atoms with Crippen LogP contribution >= 0.6 is 0 Å². The highest BCUT2D eigenvalue weighted by atomic mass is 19.4. The fourth-order valence-electron chi connectivity index (χ4n) is 1.55. The number of hydrogen-bond donors (Lipinski definition) is 2. The first kappa shape index (κ1) is 17.4. The average Bonchev–Trinajstić information content (AvgIpc) is 2.34. The molecule has 1 aromatic carbocycles. The highest BCUT2D eigenvalue weighted by Crippen LogP contribution is 2.37. The maximum absolute atomic E-state index is 12.6. The molecule has 0 unspecified atom stereocenters. The van der Waals surface area contributed by atoms with Gasteiger partial charge in [-0.2, -0.15) is 26.3 Å². The predicted molar refractivity (Wildman–Crippen MR) is 58.1 cm³/mol. The number of benzene rings is 1. The third-order valence-corrected chi connectivity index (χ3v) is 2.67. The number of hydrogen-bond acceptors (Lipinski definition) is 3. The number of carbonyl (C=O) groups excluding carboxylic acids is 1. The van der Waals surface area contributed by atoms with Gasteiger partial charge in [-0.3, -0.25) is 4.79 Å². The Kier molecular flexibility index (Phi) is 4.69. The van der Waals surface area contributed by atoms with Gasteiger partial charge >= 0.3 is 12.4 Å². The van der Waals surface area contributed by atoms with Crippen molar-refractivity contribution in [2.75, 3.05) is 0 Å². The minimum atomic E-state index is -5.07. The van der Waals surface area contributed by atoms with E-state index in [0.717, 1.165) is 6.92 Å². The Balaban J connectivity index is 3.42. The van der Waals surface area contributed by atoms with Gasteiger partial charge in [-0.1, -0.05) is 0 Å². The van der Waals surface area contributed by atoms with Crippen molar-refractivity contribution in [3.8, 4) is 0 Å². The summed E-state index contributed by atoms with van der Waals surface area (Å²) in [6, 6.07) is 0.397. The molecule has 0 bridgehead atoms. The Morgan fingerprint density at radius 3 is 1.62 bits per heavy atom. The number of Topliss-reactive ketones (excluding diaryl/α,β-unsaturated/α-hetero) is 1. The lowest BCUT2D eigenvalue weighted by Gasteiger charge is -2.19. The van der Waals surface area contributed by atoms with E-state index < -0.39 is 47.0 Å². The van der Waals surface area contributed by atoms with Crippen molar-refractivity contribution >= 4 is 5.78 Å². The largest absolute Gasteiger partial charge is 0.416 e. The molecule has 0 saturated heterocycles. The summed E-state index contributed by atoms with van der Waals surface area (Å²) in [5, 5.41) is 18.8. The molecule has 0 heterocycles. The lowest BCUT2D eigenvalue weighted by atomic mass is 9.97. The van der Waals surface area contributed by atoms with Crippen LogP contribution in [0.2, 0.25) is 0 Å². The molecule has 0 aromatic heterocycles. The minimum absolute atomic E-state index is 0.115. The van der Waals surface area contributed by atoms with Crippen molar-refractivity contribution in [2.45, 2.75) is 31.5 Å². The van der Waals surface area contributed by atoms with Gasteiger partial charge in [0.25, 0.3) is 0 Å². The third kappa shape index (κ3) is 4.18. The zero-order chi connectivity index (χ0) is 16.6. The van der Waals surface area contributed by atoms with Gasteiger partial charge in [0.05, 0.1) is 11.1 Å². The number of aliphatic hydroxyl groups is 2. The molecule has 3 nitrogen and oxygen atoms in total. The van der Waals surface area contributed by atoms with E-state index in [1.165, 1.54) is 0 Å². The van der Waals surface area contributed by atoms with Gasteiger partial charge in [0.15, 0.2) is 5.78 Å². The standard InChI is InChI=1S/C12H10F6O3/c1-5(19)9(20)10(21)6-2-7(11(13,14)15)4-8(3-6)12(16,17)18/h2-4,9-10,20-21H,1H3/t9-,10-/m0/s1. The van der Waals surface area contributed by atoms with Crippen LogP contribution < -0.4 is 0 Å². The van der Waals surface area contributed by atoms with Crippen LogP contribution in [0.4, 0.5) is 26.3 Å². The Labute approximate surface area is 114 Å². The number of ketones is 1. The average molecular weight is 316 g/mol. The molecule has 21 heavy (non-hydrogen) atoms. The summed E-state index contributed by atoms with van der Waals surface area (Å²) < 4.78 is 75.5. The second-order valence-corrected chi connectivity index (χ2v) is 4.34. The molecule has 0 aliphatic rings. The molecule has 0 aliphatic heterocycles. The summed E-state index contributed by atoms with van der Waals surface area (Å²) in [6.07, 6.45) is -14.5. The lowest BCUT2D eigenvalue weighted by molar-refractivity contribution is -0.143. The molecule has 0 saturated carbocycles. The van der Waals surface area contributed by atoms with Crippen LogP contribution in [0.3, 0.4) is 0 Å². The van der Waals surface area contributed by atoms with E-state index in [-0.39, 0.29) is 18.2 Å². The van der Waals surface area contributed by atoms with Crippen LogP contribution in [0.25, 0.3) is 0 Å². The smallest absolute Gasteiger partial charge is 0.385 e. The Morgan fingerprint density at radius 1 is 0.952 bits per heavy atom. The van der Waals surface area contributed by atoms with Gasteiger partial charge in [-0.25, -0.2) is 0 Å². The van der Waals surface area contributed by atoms with E-state index in [1.54, 1.807) is 0 Å². The molecule has 118 valence electrons. The maximum atomic E-state index is 12.6. The molecule has 1 aromatic rings. The van der Waals surface area contributed by atoms with E-state index in [0.29, 0.717) is 0 Å². The van der Waals surface area contributed by atoms with E-state index in [4.69, 9.17) is 0 Å². The van der Waals surface area contributed by atoms with Crippen molar-refractivity contribution in [3.63, 3.8) is 0 Å². The van der Waals surface area contributed by atoms with Crippen LogP contribution in [-0.4, -0.2) is 22.1 Å². The fraction of sp³-hybridized carbons (Fsp3) is 0.417. The summed E-state index contributed by atoms with van der Waals surface area (Å²) in [5.74, 6) is -0.992. The van der Waals surface area contributed by atoms with Gasteiger partial charge in [-0.05, 0) is 30.7 Å². The van der Waals surface area contributed by atoms with E-state index in [1.807, 2.05) is 0 Å². The summed E-state index contributed by atoms with van der Waals surface area (Å²) in [7, 11) is 0. The van der Waals surface area contributed by atoms with Gasteiger partial charge in [0, 0.05) is 0 Å². The maximum Gasteiger partial charge on any atom is 0.416 e. The molecule has 0 radical (unpaired) electrons. The predicted octanol–water partition coefficient (Wildman–Crippen LogP) is 2.71. The molecular formula is C12H10F6O3. The van der Waals surface area contributed by atoms with Crippen molar-refractivity contribution in [3.05, 3.63) is 34.9 Å². The Hall–Kier alpha value is -1.61. The molecule has 2 atom stereocenters. The van der Waals surface area contributed by atoms with Crippen molar-refractivity contribution < 1.29 is 41.4 Å². The van der Waals surface area contributed by atoms with E-state index in [9.17, 15) is 41.4 Å². The molecule has 1 rings (SSSR count). The number of halogens is 6. The van der Waals surface area contributed by atoms with Crippen LogP contribution in [-0.2, 0) is 17.1 Å². The number of carbonyl (C=O) groups is 1. The van der Waals surface area contributed by atoms with Crippen molar-refractivity contribution in [1.29, 1.82) is 0 Å². The molecule has 9 heteroatoms. The minimum Gasteiger partial charge on any atom is -0.385 e. The molecular weight excluding hydrogens is 306 g/mol. The summed E-state index contributed by atoms with van der Waals surface area (Å²) in [4.78, 5) is 10.9. The van der Waals surface area contributed by atoms with Crippen molar-refractivity contribution in [2.24, 2.45) is 0 Å². The Bertz CT molecular complexity index is 503. The summed E-state index contributed by atoms with van der Waals surface area (Å²) >= 11 is 0. The first-order valence-electron chi connectivity index (χ1n) is 5.50. The first-order valence-corrected chi connectivity index (χ1v) is 5.50. The second-order valence-electron chi connectivity index (χ2n) is 4.34. The number of alkyl halides is 6. The van der Waals surface area contributed by atoms with Crippen LogP contribution in [0.1, 0.15) is 29.7 Å². The van der Waals surface area contributed by atoms with Gasteiger partial charge in [-0.15, -0.1) is 0 Å². The highest BCUT2D eigenvalue weighted by Gasteiger charge is 2.38. The lowest BCUT2D eigenvalue weighted by Crippen LogP contribution is -2.26. The molecule has 0 spiro atoms. The van der Waals surface area contributed by atoms with Gasteiger partial charge in [0.2, 0.25) is 0 Å². The molecule has 0 aliphatic carbocycles. The third-order valence-electron chi connectivity index (χ3n) is 2.67. The van der Waals surface area contributed by atoms with E-state index >= 15 is 0 Å². The SMILES string of the molecule is CC(=O)[C@H](O)[C@@H](O)c1cc(C(F)(F)F)cc(C(F)(F)F)c1. The summed E-state index contributed by atoms with van der Waals surface area (Å²) in [5.41, 5.74) is -4.12. The molecule has 0 fully saturated rings. The van der Waals surface area contributed by atoms with E-state index in [2.05, 4.69) is 0 Å². The highest BCUT2D eigenvalue weighted by molar-refractivity contribution is 5.81. The zero-order valence-corrected chi connectivity index (χ0v) is 10.5. The Morgan fingerprint density at radius 2 is 1.33 bits per heavy atom. The first-order chi connectivity index (χ1) is 9.34. The van der Waals surface area contributed by atoms with Gasteiger partial charge in [0.1, 0.15) is 12.2 Å². The zero-order valence-electron chi connectivity index (χ0n) is 10.5. The van der Waals surface area contributed by atoms with Gasteiger partial charge < -0.3 is 10.2 Å². The quantitative estimate of drug-likeness (QED) is 0.843. The van der Waals surface area contributed by atoms with Crippen LogP contribution in [0.5, 0.6) is 0 Å². The molecule has 2 N–H and O–H groups in total. The monoisotopic (exact) mass is 316 g/mol. The normalized spacial score (nSPS) is 15.7. The fourth-order valence-corrected chi connectivity index (χ4v) is 1.55. The molecule has 0 amide bonds. The van der Waals surface area contributed by atoms with Crippen LogP contribution in [0.15, 0.2) is 18.2 Å². The summed E-state index contributed by atoms with van der Waals surface area (Å²) in [6.45, 7) is 0.839. The van der Waals surface area contributed by atoms with Crippen molar-refractivity contribution in [1.82, 2.24) is 0 Å².